The molecule has 6 heteroatoms. The summed E-state index contributed by atoms with van der Waals surface area (Å²) >= 11 is 1.65. The van der Waals surface area contributed by atoms with Crippen molar-refractivity contribution in [2.45, 2.75) is 57.0 Å². The van der Waals surface area contributed by atoms with Gasteiger partial charge in [0.25, 0.3) is 0 Å². The maximum atomic E-state index is 12.2. The van der Waals surface area contributed by atoms with Crippen LogP contribution in [0.25, 0.3) is 11.0 Å². The van der Waals surface area contributed by atoms with Crippen molar-refractivity contribution in [1.82, 2.24) is 14.5 Å². The van der Waals surface area contributed by atoms with Crippen LogP contribution in [0.5, 0.6) is 0 Å². The molecular formula is C22H24N4OS. The molecule has 0 saturated carbocycles. The number of nitrogens with one attached hydrogen (secondary N) is 1. The molecule has 28 heavy (non-hydrogen) atoms. The van der Waals surface area contributed by atoms with Crippen LogP contribution in [0.3, 0.4) is 0 Å². The molecule has 0 aliphatic heterocycles. The summed E-state index contributed by atoms with van der Waals surface area (Å²) in [6.07, 6.45) is 6.14. The largest absolute Gasteiger partial charge is 0.326 e. The summed E-state index contributed by atoms with van der Waals surface area (Å²) in [5, 5.41) is 10.6. The van der Waals surface area contributed by atoms with Crippen LogP contribution in [0.4, 0.5) is 0 Å². The summed E-state index contributed by atoms with van der Waals surface area (Å²) < 4.78 is 1.79. The minimum absolute atomic E-state index is 0.0657. The van der Waals surface area contributed by atoms with E-state index in [4.69, 9.17) is 4.98 Å². The van der Waals surface area contributed by atoms with Crippen LogP contribution in [0.15, 0.2) is 34.1 Å². The summed E-state index contributed by atoms with van der Waals surface area (Å²) in [5.41, 5.74) is 6.23. The number of rotatable bonds is 6. The summed E-state index contributed by atoms with van der Waals surface area (Å²) in [5.74, 6) is 0.829. The normalized spacial score (nSPS) is 13.4. The molecule has 0 unspecified atom stereocenters. The molecule has 3 aromatic rings. The van der Waals surface area contributed by atoms with Crippen molar-refractivity contribution in [2.75, 3.05) is 5.75 Å². The van der Waals surface area contributed by atoms with Crippen molar-refractivity contribution in [1.29, 1.82) is 5.26 Å². The third-order valence-electron chi connectivity index (χ3n) is 5.46. The fraction of sp³-hybridized carbons (Fsp3) is 0.409. The van der Waals surface area contributed by atoms with E-state index in [0.29, 0.717) is 6.54 Å². The van der Waals surface area contributed by atoms with Crippen molar-refractivity contribution >= 4 is 22.8 Å². The average Bonchev–Trinajstić information content (AvgIpc) is 3.05. The monoisotopic (exact) mass is 392 g/mol. The van der Waals surface area contributed by atoms with E-state index in [1.807, 2.05) is 24.3 Å². The first-order valence-corrected chi connectivity index (χ1v) is 11.0. The number of aromatic nitrogens is 3. The molecule has 4 rings (SSSR count). The minimum Gasteiger partial charge on any atom is -0.306 e. The van der Waals surface area contributed by atoms with Crippen molar-refractivity contribution in [3.05, 3.63) is 57.1 Å². The third kappa shape index (κ3) is 3.47. The lowest BCUT2D eigenvalue weighted by Gasteiger charge is -2.21. The van der Waals surface area contributed by atoms with Crippen LogP contribution in [0.2, 0.25) is 0 Å². The quantitative estimate of drug-likeness (QED) is 0.503. The molecule has 0 fully saturated rings. The zero-order chi connectivity index (χ0) is 19.5. The number of hydrogen-bond donors (Lipinski definition) is 1. The van der Waals surface area contributed by atoms with E-state index in [1.165, 1.54) is 17.5 Å². The van der Waals surface area contributed by atoms with Crippen molar-refractivity contribution in [3.8, 4) is 6.07 Å². The van der Waals surface area contributed by atoms with Crippen LogP contribution in [-0.4, -0.2) is 20.3 Å². The van der Waals surface area contributed by atoms with Gasteiger partial charge in [-0.3, -0.25) is 4.57 Å². The van der Waals surface area contributed by atoms with Gasteiger partial charge in [0.1, 0.15) is 11.1 Å². The van der Waals surface area contributed by atoms with Crippen LogP contribution in [0.1, 0.15) is 48.6 Å². The molecule has 5 nitrogen and oxygen atoms in total. The number of thioether (sulfide) groups is 1. The van der Waals surface area contributed by atoms with E-state index >= 15 is 0 Å². The smallest absolute Gasteiger partial charge is 0.306 e. The Morgan fingerprint density at radius 1 is 1.25 bits per heavy atom. The van der Waals surface area contributed by atoms with Crippen molar-refractivity contribution < 1.29 is 0 Å². The van der Waals surface area contributed by atoms with Crippen LogP contribution in [0, 0.1) is 11.3 Å². The Hall–Kier alpha value is -2.52. The van der Waals surface area contributed by atoms with E-state index in [1.54, 1.807) is 16.3 Å². The molecule has 2 heterocycles. The third-order valence-corrected chi connectivity index (χ3v) is 6.52. The van der Waals surface area contributed by atoms with Gasteiger partial charge in [0.05, 0.1) is 16.6 Å². The first-order chi connectivity index (χ1) is 13.7. The Kier molecular flexibility index (Phi) is 5.54. The number of aryl methyl sites for hydroxylation is 2. The molecule has 0 amide bonds. The summed E-state index contributed by atoms with van der Waals surface area (Å²) in [7, 11) is 0. The molecule has 1 aliphatic rings. The number of pyridine rings is 1. The number of H-pyrrole nitrogens is 1. The molecule has 1 N–H and O–H groups in total. The average molecular weight is 393 g/mol. The van der Waals surface area contributed by atoms with Gasteiger partial charge in [0.15, 0.2) is 0 Å². The maximum absolute atomic E-state index is 12.2. The first kappa shape index (κ1) is 18.8. The predicted octanol–water partition coefficient (Wildman–Crippen LogP) is 4.22. The lowest BCUT2D eigenvalue weighted by atomic mass is 9.87. The van der Waals surface area contributed by atoms with Gasteiger partial charge in [-0.05, 0) is 61.8 Å². The maximum Gasteiger partial charge on any atom is 0.326 e. The Labute approximate surface area is 168 Å². The van der Waals surface area contributed by atoms with Gasteiger partial charge >= 0.3 is 5.69 Å². The lowest BCUT2D eigenvalue weighted by molar-refractivity contribution is 0.663. The van der Waals surface area contributed by atoms with Gasteiger partial charge in [-0.1, -0.05) is 19.1 Å². The highest BCUT2D eigenvalue weighted by molar-refractivity contribution is 7.99. The Bertz CT molecular complexity index is 1110. The molecule has 144 valence electrons. The molecule has 0 radical (unpaired) electrons. The molecule has 0 bridgehead atoms. The fourth-order valence-electron chi connectivity index (χ4n) is 4.11. The topological polar surface area (TPSA) is 74.5 Å². The second-order valence-corrected chi connectivity index (χ2v) is 8.25. The van der Waals surface area contributed by atoms with E-state index in [-0.39, 0.29) is 5.69 Å². The SMILES string of the molecule is CCc1nc(SCCCn2c(=O)[nH]c3ccccc32)c(C#N)c2c1CCCC2. The van der Waals surface area contributed by atoms with Crippen LogP contribution in [-0.2, 0) is 25.8 Å². The Morgan fingerprint density at radius 3 is 2.82 bits per heavy atom. The number of benzene rings is 1. The van der Waals surface area contributed by atoms with E-state index in [9.17, 15) is 10.1 Å². The van der Waals surface area contributed by atoms with E-state index < -0.39 is 0 Å². The van der Waals surface area contributed by atoms with Crippen molar-refractivity contribution in [3.63, 3.8) is 0 Å². The zero-order valence-electron chi connectivity index (χ0n) is 16.1. The Morgan fingerprint density at radius 2 is 2.04 bits per heavy atom. The lowest BCUT2D eigenvalue weighted by Crippen LogP contribution is -2.17. The van der Waals surface area contributed by atoms with Gasteiger partial charge in [0.2, 0.25) is 0 Å². The molecule has 2 aromatic heterocycles. The van der Waals surface area contributed by atoms with Gasteiger partial charge in [-0.25, -0.2) is 9.78 Å². The summed E-state index contributed by atoms with van der Waals surface area (Å²) in [6.45, 7) is 2.80. The number of aromatic amines is 1. The number of fused-ring (bicyclic) bond motifs is 2. The highest BCUT2D eigenvalue weighted by Crippen LogP contribution is 2.32. The molecule has 0 saturated heterocycles. The van der Waals surface area contributed by atoms with Crippen LogP contribution < -0.4 is 5.69 Å². The molecule has 0 atom stereocenters. The summed E-state index contributed by atoms with van der Waals surface area (Å²) in [4.78, 5) is 19.9. The first-order valence-electron chi connectivity index (χ1n) is 9.98. The van der Waals surface area contributed by atoms with E-state index in [2.05, 4.69) is 18.0 Å². The van der Waals surface area contributed by atoms with Gasteiger partial charge < -0.3 is 4.98 Å². The summed E-state index contributed by atoms with van der Waals surface area (Å²) in [6, 6.07) is 10.2. The van der Waals surface area contributed by atoms with Gasteiger partial charge in [-0.2, -0.15) is 5.26 Å². The number of nitrogens with zero attached hydrogens (tertiary/aromatic N) is 3. The minimum atomic E-state index is -0.0657. The Balaban J connectivity index is 1.50. The second kappa shape index (κ2) is 8.24. The van der Waals surface area contributed by atoms with E-state index in [0.717, 1.165) is 65.2 Å². The van der Waals surface area contributed by atoms with Crippen LogP contribution >= 0.6 is 11.8 Å². The predicted molar refractivity (Wildman–Crippen MR) is 113 cm³/mol. The van der Waals surface area contributed by atoms with Crippen molar-refractivity contribution in [2.24, 2.45) is 0 Å². The number of nitriles is 1. The number of imidazole rings is 1. The molecule has 1 aliphatic carbocycles. The molecule has 0 spiro atoms. The van der Waals surface area contributed by atoms with Gasteiger partial charge in [0, 0.05) is 18.0 Å². The molecule has 1 aromatic carbocycles. The zero-order valence-corrected chi connectivity index (χ0v) is 16.9. The number of hydrogen-bond acceptors (Lipinski definition) is 4. The highest BCUT2D eigenvalue weighted by Gasteiger charge is 2.21. The highest BCUT2D eigenvalue weighted by atomic mass is 32.2. The fourth-order valence-corrected chi connectivity index (χ4v) is 5.06. The van der Waals surface area contributed by atoms with Gasteiger partial charge in [-0.15, -0.1) is 11.8 Å². The number of para-hydroxylation sites is 2. The standard InChI is InChI=1S/C22H24N4OS/c1-2-18-16-9-4-3-8-15(16)17(14-23)21(24-18)28-13-7-12-26-20-11-6-5-10-19(20)25-22(26)27/h5-6,10-11H,2-4,7-9,12-13H2,1H3,(H,25,27). The molecular weight excluding hydrogens is 368 g/mol. The second-order valence-electron chi connectivity index (χ2n) is 7.17.